The molecule has 0 aliphatic carbocycles. The quantitative estimate of drug-likeness (QED) is 0.470. The van der Waals surface area contributed by atoms with E-state index in [2.05, 4.69) is 13.8 Å². The van der Waals surface area contributed by atoms with Crippen LogP contribution in [0, 0.1) is 0 Å². The topological polar surface area (TPSA) is 26.0 Å². The molecule has 0 aliphatic rings. The third-order valence-corrected chi connectivity index (χ3v) is 4.67. The molecule has 0 saturated carbocycles. The van der Waals surface area contributed by atoms with Gasteiger partial charge in [0, 0.05) is 22.4 Å². The van der Waals surface area contributed by atoms with Crippen molar-refractivity contribution in [2.45, 2.75) is 26.7 Å². The molecule has 0 aliphatic heterocycles. The summed E-state index contributed by atoms with van der Waals surface area (Å²) in [5.74, 6) is 2.44. The van der Waals surface area contributed by atoms with Gasteiger partial charge in [-0.15, -0.1) is 0 Å². The van der Waals surface area contributed by atoms with Gasteiger partial charge in [0.05, 0.1) is 0 Å². The van der Waals surface area contributed by atoms with Crippen molar-refractivity contribution < 1.29 is 22.4 Å². The molecule has 1 nitrogen and oxygen atoms in total. The summed E-state index contributed by atoms with van der Waals surface area (Å²) in [5.41, 5.74) is 5.57. The summed E-state index contributed by atoms with van der Waals surface area (Å²) in [6.45, 7) is 4.37. The first kappa shape index (κ1) is 14.5. The molecular formula is C7H17AgNS2. The molecule has 0 aromatic heterocycles. The van der Waals surface area contributed by atoms with Gasteiger partial charge in [0.2, 0.25) is 0 Å². The molecule has 0 bridgehead atoms. The van der Waals surface area contributed by atoms with E-state index in [1.165, 1.54) is 24.3 Å². The second kappa shape index (κ2) is 9.07. The van der Waals surface area contributed by atoms with E-state index in [1.807, 2.05) is 0 Å². The number of thiol groups is 1. The number of hydrogen-bond acceptors (Lipinski definition) is 1. The molecule has 0 fully saturated rings. The first-order valence-corrected chi connectivity index (χ1v) is 5.88. The average molecular weight is 287 g/mol. The van der Waals surface area contributed by atoms with E-state index in [-0.39, 0.29) is 33.3 Å². The van der Waals surface area contributed by atoms with E-state index in [0.717, 1.165) is 4.32 Å². The fourth-order valence-corrected chi connectivity index (χ4v) is 3.16. The van der Waals surface area contributed by atoms with Crippen molar-refractivity contribution in [1.82, 2.24) is 0 Å². The Labute approximate surface area is 93.4 Å². The number of nitrogens with two attached hydrogens (primary N) is 1. The summed E-state index contributed by atoms with van der Waals surface area (Å²) >= 11 is 4.95. The molecule has 0 aromatic carbocycles. The van der Waals surface area contributed by atoms with Crippen LogP contribution < -0.4 is 5.73 Å². The van der Waals surface area contributed by atoms with Crippen molar-refractivity contribution >= 4 is 27.4 Å². The molecule has 0 saturated heterocycles. The van der Waals surface area contributed by atoms with Crippen molar-refractivity contribution in [3.8, 4) is 0 Å². The molecule has 4 heteroatoms. The predicted molar refractivity (Wildman–Crippen MR) is 56.1 cm³/mol. The van der Waals surface area contributed by atoms with E-state index >= 15 is 0 Å². The van der Waals surface area contributed by atoms with Crippen molar-refractivity contribution in [2.24, 2.45) is 5.73 Å². The maximum Gasteiger partial charge on any atom is 0.111 e. The summed E-state index contributed by atoms with van der Waals surface area (Å²) in [6, 6.07) is 0. The maximum absolute atomic E-state index is 5.57. The van der Waals surface area contributed by atoms with Gasteiger partial charge in [0.25, 0.3) is 0 Å². The monoisotopic (exact) mass is 286 g/mol. The van der Waals surface area contributed by atoms with Crippen LogP contribution in [0.5, 0.6) is 0 Å². The molecule has 2 N–H and O–H groups in total. The Morgan fingerprint density at radius 2 is 1.64 bits per heavy atom. The van der Waals surface area contributed by atoms with Gasteiger partial charge in [-0.2, -0.15) is 0 Å². The van der Waals surface area contributed by atoms with E-state index in [9.17, 15) is 0 Å². The van der Waals surface area contributed by atoms with E-state index in [1.54, 1.807) is 0 Å². The minimum Gasteiger partial charge on any atom is -0.386 e. The summed E-state index contributed by atoms with van der Waals surface area (Å²) < 4.78 is 0.763. The Morgan fingerprint density at radius 3 is 1.82 bits per heavy atom. The van der Waals surface area contributed by atoms with Crippen molar-refractivity contribution in [1.29, 1.82) is 0 Å². The Hall–Kier alpha value is 0.980. The largest absolute Gasteiger partial charge is 0.386 e. The molecule has 0 rings (SSSR count). The Balaban J connectivity index is 0. The van der Waals surface area contributed by atoms with Crippen LogP contribution in [0.3, 0.4) is 0 Å². The summed E-state index contributed by atoms with van der Waals surface area (Å²) in [7, 11) is -0.111. The number of rotatable bonds is 4. The van der Waals surface area contributed by atoms with E-state index in [4.69, 9.17) is 18.0 Å². The standard InChI is InChI=1S/C7H17NS2.Ag/c1-3-5-10(6-4-2)7(8)9;/h10H,3-6H2,1-2H3,(H2,8,9);. The van der Waals surface area contributed by atoms with Gasteiger partial charge in [-0.3, -0.25) is 0 Å². The summed E-state index contributed by atoms with van der Waals surface area (Å²) in [5, 5.41) is 0. The maximum atomic E-state index is 5.57. The SMILES string of the molecule is CCC[SH](CCC)C(N)=S.[Ag]. The molecule has 73 valence electrons. The van der Waals surface area contributed by atoms with Crippen LogP contribution in [0.1, 0.15) is 26.7 Å². The zero-order chi connectivity index (χ0) is 7.98. The molecule has 0 atom stereocenters. The second-order valence-corrected chi connectivity index (χ2v) is 5.52. The Bertz CT molecular complexity index is 103. The molecule has 0 spiro atoms. The Kier molecular flexibility index (Phi) is 12.0. The zero-order valence-corrected chi connectivity index (χ0v) is 10.3. The van der Waals surface area contributed by atoms with Gasteiger partial charge in [-0.05, 0) is 24.3 Å². The molecule has 0 amide bonds. The van der Waals surface area contributed by atoms with E-state index in [0.29, 0.717) is 0 Å². The Morgan fingerprint density at radius 1 is 1.27 bits per heavy atom. The molecule has 0 aromatic rings. The predicted octanol–water partition coefficient (Wildman–Crippen LogP) is 2.05. The van der Waals surface area contributed by atoms with Crippen LogP contribution in [0.15, 0.2) is 0 Å². The van der Waals surface area contributed by atoms with Gasteiger partial charge in [0.15, 0.2) is 0 Å². The van der Waals surface area contributed by atoms with Gasteiger partial charge in [0.1, 0.15) is 4.32 Å². The molecule has 0 unspecified atom stereocenters. The van der Waals surface area contributed by atoms with Crippen LogP contribution in [0.4, 0.5) is 0 Å². The first-order valence-electron chi connectivity index (χ1n) is 3.76. The van der Waals surface area contributed by atoms with Crippen LogP contribution in [0.25, 0.3) is 0 Å². The number of thiocarbonyl (C=S) groups is 1. The van der Waals surface area contributed by atoms with Gasteiger partial charge in [-0.25, -0.2) is 10.9 Å². The minimum absolute atomic E-state index is 0. The molecule has 11 heavy (non-hydrogen) atoms. The molecule has 1 radical (unpaired) electrons. The van der Waals surface area contributed by atoms with Crippen LogP contribution in [0.2, 0.25) is 0 Å². The van der Waals surface area contributed by atoms with Gasteiger partial charge in [-0.1, -0.05) is 26.1 Å². The van der Waals surface area contributed by atoms with Crippen molar-refractivity contribution in [2.75, 3.05) is 11.5 Å². The summed E-state index contributed by atoms with van der Waals surface area (Å²) in [6.07, 6.45) is 2.42. The second-order valence-electron chi connectivity index (χ2n) is 2.33. The van der Waals surface area contributed by atoms with Crippen LogP contribution in [-0.4, -0.2) is 15.8 Å². The minimum atomic E-state index is -0.111. The normalized spacial score (nSPS) is 10.2. The summed E-state index contributed by atoms with van der Waals surface area (Å²) in [4.78, 5) is 0. The molecular weight excluding hydrogens is 270 g/mol. The van der Waals surface area contributed by atoms with Crippen molar-refractivity contribution in [3.05, 3.63) is 0 Å². The average Bonchev–Trinajstić information content (AvgIpc) is 1.87. The first-order chi connectivity index (χ1) is 4.72. The van der Waals surface area contributed by atoms with E-state index < -0.39 is 0 Å². The fourth-order valence-electron chi connectivity index (χ4n) is 0.872. The van der Waals surface area contributed by atoms with Crippen molar-refractivity contribution in [3.63, 3.8) is 0 Å². The molecule has 0 heterocycles. The third kappa shape index (κ3) is 7.34. The zero-order valence-electron chi connectivity index (χ0n) is 7.06. The number of hydrogen-bond donors (Lipinski definition) is 2. The smallest absolute Gasteiger partial charge is 0.111 e. The van der Waals surface area contributed by atoms with Gasteiger partial charge >= 0.3 is 0 Å². The van der Waals surface area contributed by atoms with Gasteiger partial charge < -0.3 is 5.73 Å². The van der Waals surface area contributed by atoms with Crippen LogP contribution >= 0.6 is 23.1 Å². The van der Waals surface area contributed by atoms with Crippen LogP contribution in [-0.2, 0) is 22.4 Å². The third-order valence-electron chi connectivity index (χ3n) is 1.30. The fraction of sp³-hybridized carbons (Fsp3) is 0.857.